The Bertz CT molecular complexity index is 825. The Kier molecular flexibility index (Phi) is 4.53. The SMILES string of the molecule is Cc1cccc(C)c1NC(=O)C1CN(C(=O)c2ccc(F)c(F)c2)C1. The van der Waals surface area contributed by atoms with E-state index in [-0.39, 0.29) is 30.5 Å². The van der Waals surface area contributed by atoms with Crippen molar-refractivity contribution in [1.29, 1.82) is 0 Å². The van der Waals surface area contributed by atoms with Crippen LogP contribution in [0.1, 0.15) is 21.5 Å². The van der Waals surface area contributed by atoms with Crippen LogP contribution in [0.3, 0.4) is 0 Å². The van der Waals surface area contributed by atoms with Gasteiger partial charge in [-0.25, -0.2) is 8.78 Å². The predicted octanol–water partition coefficient (Wildman–Crippen LogP) is 3.29. The molecule has 1 aliphatic heterocycles. The van der Waals surface area contributed by atoms with Crippen LogP contribution in [-0.4, -0.2) is 29.8 Å². The highest BCUT2D eigenvalue weighted by molar-refractivity contribution is 5.99. The molecule has 2 aromatic rings. The van der Waals surface area contributed by atoms with Crippen LogP contribution in [0.15, 0.2) is 36.4 Å². The van der Waals surface area contributed by atoms with Gasteiger partial charge in [-0.15, -0.1) is 0 Å². The fourth-order valence-electron chi connectivity index (χ4n) is 2.86. The van der Waals surface area contributed by atoms with E-state index in [4.69, 9.17) is 0 Å². The summed E-state index contributed by atoms with van der Waals surface area (Å²) in [6.45, 7) is 4.35. The molecule has 0 aromatic heterocycles. The highest BCUT2D eigenvalue weighted by Crippen LogP contribution is 2.24. The molecule has 0 saturated carbocycles. The standard InChI is InChI=1S/C19H18F2N2O2/c1-11-4-3-5-12(2)17(11)22-18(24)14-9-23(10-14)19(25)13-6-7-15(20)16(21)8-13/h3-8,14H,9-10H2,1-2H3,(H,22,24). The summed E-state index contributed by atoms with van der Waals surface area (Å²) in [5.74, 6) is -2.92. The number of nitrogens with zero attached hydrogens (tertiary/aromatic N) is 1. The number of carbonyl (C=O) groups is 2. The van der Waals surface area contributed by atoms with Gasteiger partial charge in [0, 0.05) is 24.3 Å². The topological polar surface area (TPSA) is 49.4 Å². The van der Waals surface area contributed by atoms with Crippen LogP contribution in [0.25, 0.3) is 0 Å². The van der Waals surface area contributed by atoms with Crippen LogP contribution in [-0.2, 0) is 4.79 Å². The molecule has 6 heteroatoms. The van der Waals surface area contributed by atoms with E-state index in [1.807, 2.05) is 32.0 Å². The largest absolute Gasteiger partial charge is 0.337 e. The predicted molar refractivity (Wildman–Crippen MR) is 90.3 cm³/mol. The lowest BCUT2D eigenvalue weighted by molar-refractivity contribution is -0.123. The molecule has 25 heavy (non-hydrogen) atoms. The molecular weight excluding hydrogens is 326 g/mol. The molecule has 1 heterocycles. The van der Waals surface area contributed by atoms with E-state index in [0.717, 1.165) is 28.9 Å². The molecular formula is C19H18F2N2O2. The quantitative estimate of drug-likeness (QED) is 0.929. The number of likely N-dealkylation sites (tertiary alicyclic amines) is 1. The van der Waals surface area contributed by atoms with Crippen molar-refractivity contribution in [1.82, 2.24) is 4.90 Å². The van der Waals surface area contributed by atoms with Gasteiger partial charge in [-0.1, -0.05) is 18.2 Å². The lowest BCUT2D eigenvalue weighted by Gasteiger charge is -2.38. The van der Waals surface area contributed by atoms with Gasteiger partial charge in [0.15, 0.2) is 11.6 Å². The van der Waals surface area contributed by atoms with Crippen LogP contribution in [0.4, 0.5) is 14.5 Å². The Morgan fingerprint density at radius 2 is 1.68 bits per heavy atom. The number of carbonyl (C=O) groups excluding carboxylic acids is 2. The summed E-state index contributed by atoms with van der Waals surface area (Å²) in [5, 5.41) is 2.91. The Morgan fingerprint density at radius 3 is 2.28 bits per heavy atom. The van der Waals surface area contributed by atoms with Crippen molar-refractivity contribution in [3.05, 3.63) is 64.7 Å². The molecule has 0 radical (unpaired) electrons. The minimum absolute atomic E-state index is 0.0764. The number of nitrogens with one attached hydrogen (secondary N) is 1. The number of halogens is 2. The number of anilines is 1. The van der Waals surface area contributed by atoms with Gasteiger partial charge in [-0.2, -0.15) is 0 Å². The Labute approximate surface area is 144 Å². The van der Waals surface area contributed by atoms with Crippen molar-refractivity contribution in [2.45, 2.75) is 13.8 Å². The van der Waals surface area contributed by atoms with E-state index < -0.39 is 17.5 Å². The van der Waals surface area contributed by atoms with Crippen LogP contribution in [0, 0.1) is 31.4 Å². The molecule has 3 rings (SSSR count). The number of hydrogen-bond donors (Lipinski definition) is 1. The maximum atomic E-state index is 13.2. The molecule has 1 fully saturated rings. The fourth-order valence-corrected chi connectivity index (χ4v) is 2.86. The zero-order chi connectivity index (χ0) is 18.1. The van der Waals surface area contributed by atoms with E-state index in [9.17, 15) is 18.4 Å². The summed E-state index contributed by atoms with van der Waals surface area (Å²) in [6, 6.07) is 8.80. The molecule has 4 nitrogen and oxygen atoms in total. The van der Waals surface area contributed by atoms with Crippen molar-refractivity contribution in [2.24, 2.45) is 5.92 Å². The first kappa shape index (κ1) is 17.1. The molecule has 0 unspecified atom stereocenters. The number of para-hydroxylation sites is 1. The third-order valence-corrected chi connectivity index (χ3v) is 4.44. The smallest absolute Gasteiger partial charge is 0.254 e. The molecule has 1 N–H and O–H groups in total. The Hall–Kier alpha value is -2.76. The average molecular weight is 344 g/mol. The summed E-state index contributed by atoms with van der Waals surface area (Å²) < 4.78 is 26.2. The number of benzene rings is 2. The van der Waals surface area contributed by atoms with Crippen molar-refractivity contribution in [3.8, 4) is 0 Å². The Balaban J connectivity index is 1.61. The third kappa shape index (κ3) is 3.38. The first-order chi connectivity index (χ1) is 11.9. The average Bonchev–Trinajstić information content (AvgIpc) is 2.52. The highest BCUT2D eigenvalue weighted by Gasteiger charge is 2.36. The summed E-state index contributed by atoms with van der Waals surface area (Å²) in [7, 11) is 0. The van der Waals surface area contributed by atoms with Crippen molar-refractivity contribution in [3.63, 3.8) is 0 Å². The molecule has 1 saturated heterocycles. The third-order valence-electron chi connectivity index (χ3n) is 4.44. The molecule has 2 amide bonds. The van der Waals surface area contributed by atoms with Crippen molar-refractivity contribution in [2.75, 3.05) is 18.4 Å². The molecule has 0 spiro atoms. The summed E-state index contributed by atoms with van der Waals surface area (Å²) in [6.07, 6.45) is 0. The monoisotopic (exact) mass is 344 g/mol. The molecule has 1 aliphatic rings. The second-order valence-corrected chi connectivity index (χ2v) is 6.29. The van der Waals surface area contributed by atoms with E-state index in [2.05, 4.69) is 5.32 Å². The molecule has 2 aromatic carbocycles. The van der Waals surface area contributed by atoms with Gasteiger partial charge in [0.25, 0.3) is 5.91 Å². The number of hydrogen-bond acceptors (Lipinski definition) is 2. The van der Waals surface area contributed by atoms with Gasteiger partial charge in [0.1, 0.15) is 0 Å². The first-order valence-electron chi connectivity index (χ1n) is 7.98. The summed E-state index contributed by atoms with van der Waals surface area (Å²) in [5.41, 5.74) is 2.81. The maximum absolute atomic E-state index is 13.2. The van der Waals surface area contributed by atoms with Crippen LogP contribution < -0.4 is 5.32 Å². The molecule has 0 bridgehead atoms. The van der Waals surface area contributed by atoms with Gasteiger partial charge in [0.05, 0.1) is 5.92 Å². The second-order valence-electron chi connectivity index (χ2n) is 6.29. The summed E-state index contributed by atoms with van der Waals surface area (Å²) >= 11 is 0. The normalized spacial score (nSPS) is 14.2. The van der Waals surface area contributed by atoms with E-state index in [1.54, 1.807) is 0 Å². The number of rotatable bonds is 3. The van der Waals surface area contributed by atoms with Crippen LogP contribution in [0.5, 0.6) is 0 Å². The van der Waals surface area contributed by atoms with Crippen LogP contribution >= 0.6 is 0 Å². The zero-order valence-corrected chi connectivity index (χ0v) is 14.0. The number of amides is 2. The summed E-state index contributed by atoms with van der Waals surface area (Å²) in [4.78, 5) is 26.0. The maximum Gasteiger partial charge on any atom is 0.254 e. The van der Waals surface area contributed by atoms with E-state index in [0.29, 0.717) is 0 Å². The lowest BCUT2D eigenvalue weighted by atomic mass is 9.97. The molecule has 130 valence electrons. The fraction of sp³-hybridized carbons (Fsp3) is 0.263. The van der Waals surface area contributed by atoms with Crippen molar-refractivity contribution < 1.29 is 18.4 Å². The van der Waals surface area contributed by atoms with E-state index in [1.165, 1.54) is 11.0 Å². The van der Waals surface area contributed by atoms with E-state index >= 15 is 0 Å². The van der Waals surface area contributed by atoms with Gasteiger partial charge in [-0.3, -0.25) is 9.59 Å². The molecule has 0 aliphatic carbocycles. The van der Waals surface area contributed by atoms with Gasteiger partial charge >= 0.3 is 0 Å². The molecule has 0 atom stereocenters. The number of aryl methyl sites for hydroxylation is 2. The Morgan fingerprint density at radius 1 is 1.04 bits per heavy atom. The van der Waals surface area contributed by atoms with Gasteiger partial charge in [-0.05, 0) is 43.2 Å². The van der Waals surface area contributed by atoms with Gasteiger partial charge in [0.2, 0.25) is 5.91 Å². The van der Waals surface area contributed by atoms with Crippen LogP contribution in [0.2, 0.25) is 0 Å². The lowest BCUT2D eigenvalue weighted by Crippen LogP contribution is -2.54. The zero-order valence-electron chi connectivity index (χ0n) is 14.0. The first-order valence-corrected chi connectivity index (χ1v) is 7.98. The minimum atomic E-state index is -1.06. The second kappa shape index (κ2) is 6.63. The minimum Gasteiger partial charge on any atom is -0.337 e. The van der Waals surface area contributed by atoms with Crippen molar-refractivity contribution >= 4 is 17.5 Å². The highest BCUT2D eigenvalue weighted by atomic mass is 19.2. The van der Waals surface area contributed by atoms with Gasteiger partial charge < -0.3 is 10.2 Å².